The molecule has 1 saturated heterocycles. The highest BCUT2D eigenvalue weighted by Gasteiger charge is 2.34. The number of hydrogen-bond donors (Lipinski definition) is 1. The third kappa shape index (κ3) is 3.55. The summed E-state index contributed by atoms with van der Waals surface area (Å²) in [7, 11) is 0. The number of amides is 1. The maximum Gasteiger partial charge on any atom is 0.326 e. The van der Waals surface area contributed by atoms with E-state index in [2.05, 4.69) is 0 Å². The highest BCUT2D eigenvalue weighted by molar-refractivity contribution is 5.86. The van der Waals surface area contributed by atoms with Gasteiger partial charge in [-0.2, -0.15) is 5.26 Å². The Balaban J connectivity index is 2.07. The zero-order chi connectivity index (χ0) is 16.1. The molecule has 2 unspecified atom stereocenters. The second kappa shape index (κ2) is 6.94. The van der Waals surface area contributed by atoms with Crippen molar-refractivity contribution in [1.29, 1.82) is 5.26 Å². The molecule has 1 aliphatic rings. The monoisotopic (exact) mass is 302 g/mol. The van der Waals surface area contributed by atoms with Gasteiger partial charge in [0.2, 0.25) is 0 Å². The van der Waals surface area contributed by atoms with E-state index in [4.69, 9.17) is 10.00 Å². The smallest absolute Gasteiger partial charge is 0.326 e. The largest absolute Gasteiger partial charge is 0.481 e. The molecule has 0 aliphatic carbocycles. The lowest BCUT2D eigenvalue weighted by atomic mass is 10.0. The van der Waals surface area contributed by atoms with Crippen molar-refractivity contribution in [3.63, 3.8) is 0 Å². The van der Waals surface area contributed by atoms with Gasteiger partial charge in [-0.3, -0.25) is 4.79 Å². The predicted octanol–water partition coefficient (Wildman–Crippen LogP) is 1.79. The lowest BCUT2D eigenvalue weighted by Gasteiger charge is -2.34. The lowest BCUT2D eigenvalue weighted by molar-refractivity contribution is -0.155. The van der Waals surface area contributed by atoms with E-state index < -0.39 is 18.1 Å². The summed E-state index contributed by atoms with van der Waals surface area (Å²) in [5.74, 6) is -0.898. The van der Waals surface area contributed by atoms with Crippen molar-refractivity contribution in [1.82, 2.24) is 4.90 Å². The Morgan fingerprint density at radius 3 is 2.91 bits per heavy atom. The summed E-state index contributed by atoms with van der Waals surface area (Å²) >= 11 is 0. The molecule has 116 valence electrons. The Bertz CT molecular complexity index is 608. The highest BCUT2D eigenvalue weighted by Crippen LogP contribution is 2.20. The Kier molecular flexibility index (Phi) is 4.99. The van der Waals surface area contributed by atoms with Crippen LogP contribution in [-0.4, -0.2) is 40.6 Å². The Morgan fingerprint density at radius 2 is 2.23 bits per heavy atom. The number of ether oxygens (including phenoxy) is 1. The maximum atomic E-state index is 12.4. The first kappa shape index (κ1) is 15.8. The first-order valence-corrected chi connectivity index (χ1v) is 7.23. The third-order valence-corrected chi connectivity index (χ3v) is 3.69. The first-order chi connectivity index (χ1) is 10.5. The topological polar surface area (TPSA) is 90.6 Å². The number of carboxylic acid groups (broad SMARTS) is 1. The molecule has 0 radical (unpaired) electrons. The number of carbonyl (C=O) groups is 2. The van der Waals surface area contributed by atoms with Gasteiger partial charge in [0.1, 0.15) is 11.8 Å². The van der Waals surface area contributed by atoms with E-state index in [0.29, 0.717) is 24.3 Å². The van der Waals surface area contributed by atoms with Crippen LogP contribution in [0.25, 0.3) is 0 Å². The SMILES string of the molecule is CC(Oc1cccc(C#N)c1)C(=O)N1CCCCC1C(=O)O. The fourth-order valence-electron chi connectivity index (χ4n) is 2.58. The number of nitrogens with zero attached hydrogens (tertiary/aromatic N) is 2. The van der Waals surface area contributed by atoms with Gasteiger partial charge in [-0.15, -0.1) is 0 Å². The van der Waals surface area contributed by atoms with Gasteiger partial charge in [-0.05, 0) is 44.4 Å². The molecule has 1 N–H and O–H groups in total. The molecule has 6 nitrogen and oxygen atoms in total. The number of aliphatic carboxylic acids is 1. The number of rotatable bonds is 4. The van der Waals surface area contributed by atoms with Gasteiger partial charge < -0.3 is 14.7 Å². The predicted molar refractivity (Wildman–Crippen MR) is 78.2 cm³/mol. The molecule has 1 aromatic rings. The van der Waals surface area contributed by atoms with Crippen LogP contribution in [0, 0.1) is 11.3 Å². The molecule has 22 heavy (non-hydrogen) atoms. The van der Waals surface area contributed by atoms with E-state index in [9.17, 15) is 14.7 Å². The molecule has 2 rings (SSSR count). The molecule has 2 atom stereocenters. The fraction of sp³-hybridized carbons (Fsp3) is 0.438. The van der Waals surface area contributed by atoms with E-state index in [-0.39, 0.29) is 5.91 Å². The number of hydrogen-bond acceptors (Lipinski definition) is 4. The van der Waals surface area contributed by atoms with E-state index >= 15 is 0 Å². The molecule has 6 heteroatoms. The Hall–Kier alpha value is -2.55. The quantitative estimate of drug-likeness (QED) is 0.915. The molecule has 0 aromatic heterocycles. The summed E-state index contributed by atoms with van der Waals surface area (Å²) < 4.78 is 5.56. The van der Waals surface area contributed by atoms with Crippen molar-refractivity contribution < 1.29 is 19.4 Å². The van der Waals surface area contributed by atoms with Crippen LogP contribution in [0.3, 0.4) is 0 Å². The Morgan fingerprint density at radius 1 is 1.45 bits per heavy atom. The minimum absolute atomic E-state index is 0.338. The zero-order valence-electron chi connectivity index (χ0n) is 12.4. The molecule has 1 amide bonds. The van der Waals surface area contributed by atoms with Crippen molar-refractivity contribution >= 4 is 11.9 Å². The second-order valence-corrected chi connectivity index (χ2v) is 5.28. The Labute approximate surface area is 128 Å². The van der Waals surface area contributed by atoms with E-state index in [1.165, 1.54) is 4.90 Å². The van der Waals surface area contributed by atoms with Crippen LogP contribution in [0.15, 0.2) is 24.3 Å². The molecule has 0 saturated carbocycles. The van der Waals surface area contributed by atoms with Gasteiger partial charge in [0.15, 0.2) is 6.10 Å². The molecule has 1 heterocycles. The maximum absolute atomic E-state index is 12.4. The summed E-state index contributed by atoms with van der Waals surface area (Å²) in [4.78, 5) is 25.1. The molecule has 1 fully saturated rings. The van der Waals surface area contributed by atoms with Gasteiger partial charge >= 0.3 is 5.97 Å². The van der Waals surface area contributed by atoms with Crippen LogP contribution in [0.1, 0.15) is 31.7 Å². The molecule has 0 bridgehead atoms. The van der Waals surface area contributed by atoms with Crippen LogP contribution < -0.4 is 4.74 Å². The number of likely N-dealkylation sites (tertiary alicyclic amines) is 1. The number of piperidine rings is 1. The molecular weight excluding hydrogens is 284 g/mol. The van der Waals surface area contributed by atoms with Crippen molar-refractivity contribution in [3.8, 4) is 11.8 Å². The minimum atomic E-state index is -0.980. The van der Waals surface area contributed by atoms with Crippen LogP contribution in [0.2, 0.25) is 0 Å². The number of nitriles is 1. The van der Waals surface area contributed by atoms with Crippen LogP contribution >= 0.6 is 0 Å². The second-order valence-electron chi connectivity index (χ2n) is 5.28. The summed E-state index contributed by atoms with van der Waals surface area (Å²) in [5.41, 5.74) is 0.443. The molecular formula is C16H18N2O4. The minimum Gasteiger partial charge on any atom is -0.481 e. The van der Waals surface area contributed by atoms with Gasteiger partial charge in [0.25, 0.3) is 5.91 Å². The average Bonchev–Trinajstić information content (AvgIpc) is 2.54. The van der Waals surface area contributed by atoms with Crippen LogP contribution in [0.5, 0.6) is 5.75 Å². The summed E-state index contributed by atoms with van der Waals surface area (Å²) in [6, 6.07) is 7.75. The molecule has 1 aliphatic heterocycles. The molecule has 1 aromatic carbocycles. The fourth-order valence-corrected chi connectivity index (χ4v) is 2.58. The normalized spacial score (nSPS) is 19.1. The summed E-state index contributed by atoms with van der Waals surface area (Å²) in [6.45, 7) is 2.02. The van der Waals surface area contributed by atoms with E-state index in [1.54, 1.807) is 31.2 Å². The molecule has 0 spiro atoms. The van der Waals surface area contributed by atoms with E-state index in [0.717, 1.165) is 12.8 Å². The first-order valence-electron chi connectivity index (χ1n) is 7.23. The van der Waals surface area contributed by atoms with Crippen molar-refractivity contribution in [2.24, 2.45) is 0 Å². The number of carbonyl (C=O) groups excluding carboxylic acids is 1. The van der Waals surface area contributed by atoms with Crippen molar-refractivity contribution in [2.45, 2.75) is 38.3 Å². The van der Waals surface area contributed by atoms with Crippen LogP contribution in [-0.2, 0) is 9.59 Å². The summed E-state index contributed by atoms with van der Waals surface area (Å²) in [5, 5.41) is 18.1. The number of benzene rings is 1. The highest BCUT2D eigenvalue weighted by atomic mass is 16.5. The van der Waals surface area contributed by atoms with Gasteiger partial charge in [-0.25, -0.2) is 4.79 Å². The third-order valence-electron chi connectivity index (χ3n) is 3.69. The summed E-state index contributed by atoms with van der Waals surface area (Å²) in [6.07, 6.45) is 1.28. The van der Waals surface area contributed by atoms with Gasteiger partial charge in [-0.1, -0.05) is 6.07 Å². The van der Waals surface area contributed by atoms with Crippen molar-refractivity contribution in [3.05, 3.63) is 29.8 Å². The van der Waals surface area contributed by atoms with Crippen LogP contribution in [0.4, 0.5) is 0 Å². The van der Waals surface area contributed by atoms with Gasteiger partial charge in [0.05, 0.1) is 11.6 Å². The number of carboxylic acids is 1. The lowest BCUT2D eigenvalue weighted by Crippen LogP contribution is -2.52. The van der Waals surface area contributed by atoms with Gasteiger partial charge in [0, 0.05) is 6.54 Å². The standard InChI is InChI=1S/C16H18N2O4/c1-11(22-13-6-4-5-12(9-13)10-17)15(19)18-8-3-2-7-14(18)16(20)21/h4-6,9,11,14H,2-3,7-8H2,1H3,(H,20,21). The van der Waals surface area contributed by atoms with E-state index in [1.807, 2.05) is 6.07 Å². The zero-order valence-corrected chi connectivity index (χ0v) is 12.4. The average molecular weight is 302 g/mol. The van der Waals surface area contributed by atoms with Crippen molar-refractivity contribution in [2.75, 3.05) is 6.54 Å².